The first-order chi connectivity index (χ1) is 16.7. The molecule has 0 radical (unpaired) electrons. The molecule has 0 unspecified atom stereocenters. The molecule has 0 nitrogen and oxygen atoms in total. The topological polar surface area (TPSA) is 0 Å². The molecule has 0 atom stereocenters. The van der Waals surface area contributed by atoms with E-state index in [9.17, 15) is 0 Å². The Balaban J connectivity index is 1.59. The summed E-state index contributed by atoms with van der Waals surface area (Å²) in [4.78, 5) is 0. The van der Waals surface area contributed by atoms with Gasteiger partial charge in [-0.15, -0.1) is 0 Å². The number of aryl methyl sites for hydroxylation is 2. The van der Waals surface area contributed by atoms with Gasteiger partial charge in [0, 0.05) is 0 Å². The molecule has 0 N–H and O–H groups in total. The van der Waals surface area contributed by atoms with Crippen molar-refractivity contribution < 1.29 is 20.4 Å². The Bertz CT molecular complexity index is 1170. The average Bonchev–Trinajstić information content (AvgIpc) is 3.52. The number of rotatable bonds is 4. The van der Waals surface area contributed by atoms with E-state index in [1.54, 1.807) is 47.9 Å². The molecule has 0 saturated heterocycles. The Labute approximate surface area is 215 Å². The molecule has 0 aliphatic heterocycles. The van der Waals surface area contributed by atoms with E-state index in [4.69, 9.17) is 0 Å². The molecule has 4 aliphatic rings. The van der Waals surface area contributed by atoms with Crippen molar-refractivity contribution in [1.29, 1.82) is 0 Å². The fraction of sp³-hybridized carbons (Fsp3) is 0.500. The summed E-state index contributed by atoms with van der Waals surface area (Å²) in [6.45, 7) is 4.74. The molecule has 0 heterocycles. The first-order valence-electron chi connectivity index (χ1n) is 14.0. The number of fused-ring (bicyclic) bond motifs is 3. The van der Waals surface area contributed by atoms with Crippen LogP contribution < -0.4 is 3.27 Å². The van der Waals surface area contributed by atoms with Gasteiger partial charge in [0.25, 0.3) is 0 Å². The molecule has 0 aromatic heterocycles. The molecule has 0 bridgehead atoms. The second kappa shape index (κ2) is 10.2. The zero-order valence-corrected chi connectivity index (χ0v) is 24.7. The molecular formula is C32H40SiZr. The second-order valence-electron chi connectivity index (χ2n) is 11.4. The molecule has 6 rings (SSSR count). The summed E-state index contributed by atoms with van der Waals surface area (Å²) < 4.78 is 3.92. The summed E-state index contributed by atoms with van der Waals surface area (Å²) in [5.74, 6) is 0. The Hall–Kier alpha value is -0.980. The summed E-state index contributed by atoms with van der Waals surface area (Å²) in [6.07, 6.45) is 25.2. The molecule has 4 aliphatic carbocycles. The Morgan fingerprint density at radius 2 is 1.47 bits per heavy atom. The average molecular weight is 544 g/mol. The van der Waals surface area contributed by atoms with Crippen LogP contribution in [0.5, 0.6) is 0 Å². The van der Waals surface area contributed by atoms with Crippen LogP contribution in [0.3, 0.4) is 0 Å². The Kier molecular flexibility index (Phi) is 7.01. The van der Waals surface area contributed by atoms with Crippen molar-refractivity contribution in [2.75, 3.05) is 0 Å². The summed E-state index contributed by atoms with van der Waals surface area (Å²) in [6, 6.07) is 12.2. The maximum absolute atomic E-state index is 2.62. The van der Waals surface area contributed by atoms with Crippen molar-refractivity contribution in [3.05, 3.63) is 74.1 Å². The van der Waals surface area contributed by atoms with Crippen LogP contribution in [-0.4, -0.2) is 5.43 Å². The van der Waals surface area contributed by atoms with Gasteiger partial charge in [-0.05, 0) is 0 Å². The minimum atomic E-state index is -2.04. The van der Waals surface area contributed by atoms with Gasteiger partial charge in [0.1, 0.15) is 0 Å². The number of benzene rings is 2. The van der Waals surface area contributed by atoms with Gasteiger partial charge in [-0.1, -0.05) is 0 Å². The molecule has 2 heteroatoms. The van der Waals surface area contributed by atoms with Crippen molar-refractivity contribution in [2.24, 2.45) is 0 Å². The molecule has 2 aromatic carbocycles. The first-order valence-corrected chi connectivity index (χ1v) is 21.8. The zero-order valence-electron chi connectivity index (χ0n) is 21.3. The summed E-state index contributed by atoms with van der Waals surface area (Å²) in [5.41, 5.74) is 11.4. The predicted molar refractivity (Wildman–Crippen MR) is 145 cm³/mol. The number of allylic oxidation sites excluding steroid dienone is 4. The molecule has 2 aromatic rings. The summed E-state index contributed by atoms with van der Waals surface area (Å²) >= 11 is -2.04. The molecule has 2 saturated carbocycles. The fourth-order valence-electron chi connectivity index (χ4n) is 7.56. The van der Waals surface area contributed by atoms with E-state index in [1.807, 2.05) is 6.55 Å². The molecule has 0 spiro atoms. The molecule has 34 heavy (non-hydrogen) atoms. The van der Waals surface area contributed by atoms with Crippen LogP contribution in [0.4, 0.5) is 0 Å². The van der Waals surface area contributed by atoms with Crippen molar-refractivity contribution in [3.63, 3.8) is 0 Å². The van der Waals surface area contributed by atoms with Crippen LogP contribution in [0, 0.1) is 13.8 Å². The van der Waals surface area contributed by atoms with E-state index in [1.165, 1.54) is 62.5 Å². The molecule has 0 amide bonds. The van der Waals surface area contributed by atoms with E-state index in [-0.39, 0.29) is 5.43 Å². The van der Waals surface area contributed by atoms with E-state index in [0.717, 1.165) is 11.1 Å². The molecule has 2 fully saturated rings. The van der Waals surface area contributed by atoms with Crippen LogP contribution in [0.25, 0.3) is 11.1 Å². The number of hydrogen-bond acceptors (Lipinski definition) is 0. The molecule has 176 valence electrons. The van der Waals surface area contributed by atoms with Gasteiger partial charge < -0.3 is 0 Å². The van der Waals surface area contributed by atoms with Crippen LogP contribution in [0.15, 0.2) is 51.8 Å². The minimum absolute atomic E-state index is 0.369. The second-order valence-corrected chi connectivity index (χ2v) is 25.9. The van der Waals surface area contributed by atoms with Crippen LogP contribution >= 0.6 is 0 Å². The van der Waals surface area contributed by atoms with Crippen molar-refractivity contribution in [1.82, 2.24) is 0 Å². The normalized spacial score (nSPS) is 20.2. The van der Waals surface area contributed by atoms with Gasteiger partial charge in [-0.25, -0.2) is 0 Å². The van der Waals surface area contributed by atoms with Gasteiger partial charge in [-0.2, -0.15) is 0 Å². The van der Waals surface area contributed by atoms with Crippen molar-refractivity contribution in [2.45, 2.75) is 102 Å². The standard InChI is InChI=1S/C15H13.C12H22Si.C5H5.Zr/c1-10-3-5-14-12(7-10)9-13-8-11(2)4-6-15(13)14;1-3-7-11(8-4-1)13-12-9-5-2-6-10-12;1-2-4-5-3-1;/h3-7H,9H2,1-2H3;11-12H,1-10H2;1-3H,4H2;. The molecular weight excluding hydrogens is 504 g/mol. The Morgan fingerprint density at radius 3 is 2.12 bits per heavy atom. The van der Waals surface area contributed by atoms with Gasteiger partial charge in [0.15, 0.2) is 0 Å². The van der Waals surface area contributed by atoms with Crippen molar-refractivity contribution >= 4 is 8.70 Å². The third-order valence-corrected chi connectivity index (χ3v) is 31.7. The van der Waals surface area contributed by atoms with Crippen LogP contribution in [0.1, 0.15) is 92.9 Å². The van der Waals surface area contributed by atoms with Crippen LogP contribution in [-0.2, 0) is 26.8 Å². The van der Waals surface area contributed by atoms with E-state index >= 15 is 0 Å². The van der Waals surface area contributed by atoms with Gasteiger partial charge in [-0.3, -0.25) is 0 Å². The monoisotopic (exact) mass is 542 g/mol. The van der Waals surface area contributed by atoms with Gasteiger partial charge in [0.2, 0.25) is 0 Å². The number of hydrogen-bond donors (Lipinski definition) is 0. The summed E-state index contributed by atoms with van der Waals surface area (Å²) in [5, 5.41) is 0. The van der Waals surface area contributed by atoms with Crippen molar-refractivity contribution in [3.8, 4) is 11.1 Å². The van der Waals surface area contributed by atoms with E-state index in [0.29, 0.717) is 0 Å². The van der Waals surface area contributed by atoms with Gasteiger partial charge in [0.05, 0.1) is 0 Å². The zero-order chi connectivity index (χ0) is 23.1. The van der Waals surface area contributed by atoms with E-state index < -0.39 is 20.4 Å². The van der Waals surface area contributed by atoms with Crippen LogP contribution in [0.2, 0.25) is 11.1 Å². The first kappa shape index (κ1) is 23.4. The third-order valence-electron chi connectivity index (χ3n) is 9.16. The quantitative estimate of drug-likeness (QED) is 0.289. The summed E-state index contributed by atoms with van der Waals surface area (Å²) in [7, 11) is 0. The fourth-order valence-corrected chi connectivity index (χ4v) is 34.8. The predicted octanol–water partition coefficient (Wildman–Crippen LogP) is 8.62. The SMILES string of the molecule is Cc1ccc2c(c1)Cc1c-2ccc(C)[c]1[Zr]([C]1=CC=CC1)=[Si](C1CCCCC1)C1CCCCC1. The Morgan fingerprint density at radius 1 is 0.794 bits per heavy atom. The van der Waals surface area contributed by atoms with E-state index in [2.05, 4.69) is 62.4 Å². The third kappa shape index (κ3) is 4.37. The maximum atomic E-state index is 2.62. The van der Waals surface area contributed by atoms with Gasteiger partial charge >= 0.3 is 216 Å².